The quantitative estimate of drug-likeness (QED) is 0.692. The van der Waals surface area contributed by atoms with Crippen molar-refractivity contribution in [2.24, 2.45) is 14.1 Å². The van der Waals surface area contributed by atoms with Crippen LogP contribution in [0, 0.1) is 0 Å². The van der Waals surface area contributed by atoms with Crippen molar-refractivity contribution in [2.45, 2.75) is 31.8 Å². The molecule has 1 saturated heterocycles. The van der Waals surface area contributed by atoms with Crippen molar-refractivity contribution < 1.29 is 9.90 Å². The van der Waals surface area contributed by atoms with E-state index in [4.69, 9.17) is 0 Å². The van der Waals surface area contributed by atoms with Gasteiger partial charge in [-0.3, -0.25) is 14.2 Å². The Balaban J connectivity index is 1.74. The van der Waals surface area contributed by atoms with E-state index in [9.17, 15) is 19.5 Å². The fourth-order valence-corrected chi connectivity index (χ4v) is 3.30. The lowest BCUT2D eigenvalue weighted by atomic mass is 9.96. The Hall–Kier alpha value is -2.75. The molecule has 10 heteroatoms. The first-order chi connectivity index (χ1) is 12.4. The fourth-order valence-electron chi connectivity index (χ4n) is 3.30. The first-order valence-corrected chi connectivity index (χ1v) is 8.46. The highest BCUT2D eigenvalue weighted by atomic mass is 16.3. The molecule has 0 saturated carbocycles. The number of H-pyrrole nitrogens is 1. The molecule has 140 valence electrons. The number of aromatic nitrogens is 5. The highest BCUT2D eigenvalue weighted by Gasteiger charge is 2.28. The van der Waals surface area contributed by atoms with Crippen molar-refractivity contribution >= 4 is 5.91 Å². The van der Waals surface area contributed by atoms with Crippen LogP contribution in [0.1, 0.15) is 36.0 Å². The van der Waals surface area contributed by atoms with Crippen LogP contribution in [0.15, 0.2) is 15.8 Å². The number of piperidine rings is 1. The lowest BCUT2D eigenvalue weighted by Gasteiger charge is -2.32. The number of aliphatic hydroxyl groups is 1. The van der Waals surface area contributed by atoms with E-state index in [-0.39, 0.29) is 30.4 Å². The molecule has 1 aliphatic heterocycles. The summed E-state index contributed by atoms with van der Waals surface area (Å²) in [6, 6.07) is 0. The zero-order chi connectivity index (χ0) is 18.8. The predicted molar refractivity (Wildman–Crippen MR) is 91.5 cm³/mol. The molecule has 2 aromatic rings. The normalized spacial score (nSPS) is 17.5. The summed E-state index contributed by atoms with van der Waals surface area (Å²) in [6.07, 6.45) is 2.94. The number of aromatic amines is 1. The fraction of sp³-hybridized carbons (Fsp3) is 0.562. The molecule has 1 unspecified atom stereocenters. The SMILES string of the molecule is Cn1c(CO)nnc1C1CCCN(C(=O)Cc2c[nH]c(=O)n(C)c2=O)C1. The van der Waals surface area contributed by atoms with Crippen LogP contribution in [0.25, 0.3) is 0 Å². The van der Waals surface area contributed by atoms with Crippen LogP contribution < -0.4 is 11.2 Å². The van der Waals surface area contributed by atoms with E-state index >= 15 is 0 Å². The zero-order valence-corrected chi connectivity index (χ0v) is 14.8. The van der Waals surface area contributed by atoms with Crippen LogP contribution in [0.4, 0.5) is 0 Å². The van der Waals surface area contributed by atoms with Crippen molar-refractivity contribution in [1.29, 1.82) is 0 Å². The van der Waals surface area contributed by atoms with Crippen LogP contribution >= 0.6 is 0 Å². The Bertz CT molecular complexity index is 928. The molecule has 1 aliphatic rings. The van der Waals surface area contributed by atoms with Crippen LogP contribution in [0.2, 0.25) is 0 Å². The second-order valence-electron chi connectivity index (χ2n) is 6.53. The smallest absolute Gasteiger partial charge is 0.328 e. The van der Waals surface area contributed by atoms with Gasteiger partial charge < -0.3 is 19.6 Å². The number of hydrogen-bond acceptors (Lipinski definition) is 6. The van der Waals surface area contributed by atoms with E-state index in [1.807, 2.05) is 0 Å². The summed E-state index contributed by atoms with van der Waals surface area (Å²) in [5.41, 5.74) is -0.705. The number of likely N-dealkylation sites (tertiary alicyclic amines) is 1. The molecule has 1 atom stereocenters. The average molecular weight is 362 g/mol. The van der Waals surface area contributed by atoms with E-state index in [0.29, 0.717) is 18.9 Å². The van der Waals surface area contributed by atoms with Crippen molar-refractivity contribution in [2.75, 3.05) is 13.1 Å². The second-order valence-corrected chi connectivity index (χ2v) is 6.53. The maximum Gasteiger partial charge on any atom is 0.328 e. The van der Waals surface area contributed by atoms with Gasteiger partial charge in [-0.1, -0.05) is 0 Å². The van der Waals surface area contributed by atoms with Gasteiger partial charge in [-0.15, -0.1) is 10.2 Å². The van der Waals surface area contributed by atoms with Crippen LogP contribution in [-0.2, 0) is 31.9 Å². The maximum absolute atomic E-state index is 12.6. The van der Waals surface area contributed by atoms with Gasteiger partial charge in [-0.2, -0.15) is 0 Å². The van der Waals surface area contributed by atoms with E-state index < -0.39 is 11.2 Å². The number of amides is 1. The number of rotatable bonds is 4. The van der Waals surface area contributed by atoms with Crippen molar-refractivity contribution in [1.82, 2.24) is 29.2 Å². The van der Waals surface area contributed by atoms with Gasteiger partial charge in [0.05, 0.1) is 6.42 Å². The first-order valence-electron chi connectivity index (χ1n) is 8.46. The molecule has 0 aliphatic carbocycles. The van der Waals surface area contributed by atoms with Crippen molar-refractivity contribution in [3.8, 4) is 0 Å². The molecule has 0 spiro atoms. The molecular formula is C16H22N6O4. The number of nitrogens with zero attached hydrogens (tertiary/aromatic N) is 5. The van der Waals surface area contributed by atoms with E-state index in [0.717, 1.165) is 23.2 Å². The van der Waals surface area contributed by atoms with E-state index in [1.165, 1.54) is 13.2 Å². The molecule has 10 nitrogen and oxygen atoms in total. The summed E-state index contributed by atoms with van der Waals surface area (Å²) in [5, 5.41) is 17.4. The van der Waals surface area contributed by atoms with Crippen molar-refractivity contribution in [3.05, 3.63) is 44.2 Å². The minimum Gasteiger partial charge on any atom is -0.388 e. The summed E-state index contributed by atoms with van der Waals surface area (Å²) in [4.78, 5) is 40.3. The van der Waals surface area contributed by atoms with E-state index in [1.54, 1.807) is 16.5 Å². The Morgan fingerprint density at radius 2 is 2.08 bits per heavy atom. The minimum absolute atomic E-state index is 0.0314. The first kappa shape index (κ1) is 18.1. The average Bonchev–Trinajstić information content (AvgIpc) is 3.02. The lowest BCUT2D eigenvalue weighted by molar-refractivity contribution is -0.131. The Morgan fingerprint density at radius 3 is 2.77 bits per heavy atom. The molecule has 2 aromatic heterocycles. The van der Waals surface area contributed by atoms with Gasteiger partial charge >= 0.3 is 5.69 Å². The molecule has 1 fully saturated rings. The van der Waals surface area contributed by atoms with Gasteiger partial charge in [0.25, 0.3) is 5.56 Å². The number of carbonyl (C=O) groups is 1. The van der Waals surface area contributed by atoms with Gasteiger partial charge in [0.1, 0.15) is 12.4 Å². The molecule has 3 heterocycles. The molecule has 0 aromatic carbocycles. The molecule has 3 rings (SSSR count). The summed E-state index contributed by atoms with van der Waals surface area (Å²) >= 11 is 0. The Labute approximate surface area is 149 Å². The third kappa shape index (κ3) is 3.32. The number of aliphatic hydroxyl groups excluding tert-OH is 1. The summed E-state index contributed by atoms with van der Waals surface area (Å²) in [7, 11) is 3.17. The van der Waals surface area contributed by atoms with Gasteiger partial charge in [-0.25, -0.2) is 4.79 Å². The summed E-state index contributed by atoms with van der Waals surface area (Å²) in [6.45, 7) is 0.915. The van der Waals surface area contributed by atoms with Crippen molar-refractivity contribution in [3.63, 3.8) is 0 Å². The largest absolute Gasteiger partial charge is 0.388 e. The third-order valence-corrected chi connectivity index (χ3v) is 4.87. The Morgan fingerprint density at radius 1 is 1.31 bits per heavy atom. The second kappa shape index (κ2) is 7.24. The number of carbonyl (C=O) groups excluding carboxylic acids is 1. The monoisotopic (exact) mass is 362 g/mol. The highest BCUT2D eigenvalue weighted by molar-refractivity contribution is 5.78. The van der Waals surface area contributed by atoms with Crippen LogP contribution in [0.3, 0.4) is 0 Å². The van der Waals surface area contributed by atoms with Gasteiger partial charge in [0.15, 0.2) is 5.82 Å². The minimum atomic E-state index is -0.508. The summed E-state index contributed by atoms with van der Waals surface area (Å²) in [5.74, 6) is 1.10. The third-order valence-electron chi connectivity index (χ3n) is 4.87. The van der Waals surface area contributed by atoms with Gasteiger partial charge in [0.2, 0.25) is 5.91 Å². The Kier molecular flexibility index (Phi) is 5.03. The maximum atomic E-state index is 12.6. The van der Waals surface area contributed by atoms with Gasteiger partial charge in [0, 0.05) is 44.9 Å². The molecule has 1 amide bonds. The highest BCUT2D eigenvalue weighted by Crippen LogP contribution is 2.26. The molecule has 0 bridgehead atoms. The summed E-state index contributed by atoms with van der Waals surface area (Å²) < 4.78 is 2.72. The zero-order valence-electron chi connectivity index (χ0n) is 14.8. The number of hydrogen-bond donors (Lipinski definition) is 2. The van der Waals surface area contributed by atoms with Crippen LogP contribution in [-0.4, -0.2) is 53.3 Å². The molecular weight excluding hydrogens is 340 g/mol. The molecule has 2 N–H and O–H groups in total. The number of nitrogens with one attached hydrogen (secondary N) is 1. The van der Waals surface area contributed by atoms with Gasteiger partial charge in [-0.05, 0) is 12.8 Å². The van der Waals surface area contributed by atoms with Crippen LogP contribution in [0.5, 0.6) is 0 Å². The van der Waals surface area contributed by atoms with E-state index in [2.05, 4.69) is 15.2 Å². The molecule has 0 radical (unpaired) electrons. The molecule has 26 heavy (non-hydrogen) atoms. The standard InChI is InChI=1S/C16H22N6O4/c1-20-12(9-23)18-19-14(20)10-4-3-5-22(8-10)13(24)6-11-7-17-16(26)21(2)15(11)25/h7,10,23H,3-6,8-9H2,1-2H3,(H,17,26). The lowest BCUT2D eigenvalue weighted by Crippen LogP contribution is -2.42. The predicted octanol–water partition coefficient (Wildman–Crippen LogP) is -1.36. The topological polar surface area (TPSA) is 126 Å².